The number of nitrogens with zero attached hydrogens (tertiary/aromatic N) is 2. The summed E-state index contributed by atoms with van der Waals surface area (Å²) in [5, 5.41) is 10.5. The number of aromatic nitrogens is 3. The molecule has 2 N–H and O–H groups in total. The largest absolute Gasteiger partial charge is 0.466 e. The first-order valence-electron chi connectivity index (χ1n) is 10.6. The van der Waals surface area contributed by atoms with Gasteiger partial charge in [-0.25, -0.2) is 9.97 Å². The molecule has 0 spiro atoms. The van der Waals surface area contributed by atoms with Crippen molar-refractivity contribution in [3.8, 4) is 0 Å². The Labute approximate surface area is 168 Å². The molecule has 6 heteroatoms. The van der Waals surface area contributed by atoms with Crippen LogP contribution in [-0.2, 0) is 28.8 Å². The second kappa shape index (κ2) is 10.6. The molecule has 0 saturated carbocycles. The molecule has 0 aliphatic heterocycles. The quantitative estimate of drug-likeness (QED) is 0.566. The van der Waals surface area contributed by atoms with Gasteiger partial charge in [-0.3, -0.25) is 4.79 Å². The number of nitrogens with one attached hydrogen (secondary N) is 1. The van der Waals surface area contributed by atoms with Gasteiger partial charge in [0.05, 0.1) is 18.4 Å². The summed E-state index contributed by atoms with van der Waals surface area (Å²) in [4.78, 5) is 24.6. The van der Waals surface area contributed by atoms with E-state index in [4.69, 9.17) is 9.72 Å². The summed E-state index contributed by atoms with van der Waals surface area (Å²) < 4.78 is 5.06. The van der Waals surface area contributed by atoms with Gasteiger partial charge in [0.1, 0.15) is 17.9 Å². The van der Waals surface area contributed by atoms with Crippen LogP contribution in [0.2, 0.25) is 0 Å². The number of aryl methyl sites for hydroxylation is 3. The van der Waals surface area contributed by atoms with E-state index < -0.39 is 0 Å². The zero-order valence-electron chi connectivity index (χ0n) is 18.0. The molecular formula is C22H35N3O3. The first-order chi connectivity index (χ1) is 13.3. The third kappa shape index (κ3) is 6.03. The van der Waals surface area contributed by atoms with Crippen molar-refractivity contribution in [3.63, 3.8) is 0 Å². The number of aliphatic hydroxyl groups is 1. The minimum absolute atomic E-state index is 0.0975. The van der Waals surface area contributed by atoms with Gasteiger partial charge in [0, 0.05) is 11.1 Å². The monoisotopic (exact) mass is 389 g/mol. The first kappa shape index (κ1) is 22.3. The van der Waals surface area contributed by atoms with Crippen molar-refractivity contribution in [3.05, 3.63) is 22.8 Å². The molecule has 2 aromatic heterocycles. The lowest BCUT2D eigenvalue weighted by Crippen LogP contribution is -2.12. The number of fused-ring (bicyclic) bond motifs is 1. The number of hydrogen-bond donors (Lipinski definition) is 2. The molecule has 0 radical (unpaired) electrons. The maximum Gasteiger partial charge on any atom is 0.313 e. The van der Waals surface area contributed by atoms with Crippen molar-refractivity contribution in [2.45, 2.75) is 85.7 Å². The molecule has 0 bridgehead atoms. The number of carbonyl (C=O) groups is 1. The molecule has 0 fully saturated rings. The van der Waals surface area contributed by atoms with E-state index in [0.717, 1.165) is 55.3 Å². The molecule has 156 valence electrons. The molecule has 0 aliphatic rings. The Morgan fingerprint density at radius 3 is 2.57 bits per heavy atom. The molecule has 2 aromatic rings. The molecule has 2 unspecified atom stereocenters. The van der Waals surface area contributed by atoms with E-state index in [2.05, 4.69) is 30.7 Å². The standard InChI is InChI=1S/C22H35N3O3/c1-6-17-16(5)21-18(12-11-14(3)9-8-10-15(4)26)23-19(25-22(21)24-17)13-20(27)28-7-2/h14-15,26H,6-13H2,1-5H3,(H,23,24,25). The van der Waals surface area contributed by atoms with Crippen LogP contribution < -0.4 is 0 Å². The maximum atomic E-state index is 11.9. The number of rotatable bonds is 11. The number of carbonyl (C=O) groups excluding carboxylic acids is 1. The normalized spacial score (nSPS) is 13.6. The minimum Gasteiger partial charge on any atom is -0.466 e. The highest BCUT2D eigenvalue weighted by Crippen LogP contribution is 2.26. The molecule has 0 saturated heterocycles. The minimum atomic E-state index is -0.293. The maximum absolute atomic E-state index is 11.9. The van der Waals surface area contributed by atoms with Crippen molar-refractivity contribution in [1.82, 2.24) is 15.0 Å². The summed E-state index contributed by atoms with van der Waals surface area (Å²) in [5.41, 5.74) is 4.21. The fraction of sp³-hybridized carbons (Fsp3) is 0.682. The van der Waals surface area contributed by atoms with Crippen LogP contribution in [0.15, 0.2) is 0 Å². The molecular weight excluding hydrogens is 354 g/mol. The van der Waals surface area contributed by atoms with Gasteiger partial charge in [0.15, 0.2) is 0 Å². The molecule has 2 heterocycles. The van der Waals surface area contributed by atoms with E-state index in [1.807, 2.05) is 6.92 Å². The molecule has 28 heavy (non-hydrogen) atoms. The smallest absolute Gasteiger partial charge is 0.313 e. The van der Waals surface area contributed by atoms with Gasteiger partial charge in [-0.2, -0.15) is 0 Å². The first-order valence-corrected chi connectivity index (χ1v) is 10.6. The lowest BCUT2D eigenvalue weighted by molar-refractivity contribution is -0.142. The van der Waals surface area contributed by atoms with Crippen molar-refractivity contribution < 1.29 is 14.6 Å². The molecule has 2 atom stereocenters. The van der Waals surface area contributed by atoms with Crippen molar-refractivity contribution >= 4 is 17.0 Å². The van der Waals surface area contributed by atoms with Gasteiger partial charge < -0.3 is 14.8 Å². The fourth-order valence-corrected chi connectivity index (χ4v) is 3.67. The van der Waals surface area contributed by atoms with Crippen LogP contribution in [0.25, 0.3) is 11.0 Å². The number of H-pyrrole nitrogens is 1. The van der Waals surface area contributed by atoms with Crippen molar-refractivity contribution in [2.24, 2.45) is 5.92 Å². The Balaban J connectivity index is 2.20. The van der Waals surface area contributed by atoms with Crippen LogP contribution in [-0.4, -0.2) is 38.7 Å². The summed E-state index contributed by atoms with van der Waals surface area (Å²) in [6.45, 7) is 10.5. The second-order valence-electron chi connectivity index (χ2n) is 7.80. The van der Waals surface area contributed by atoms with Gasteiger partial charge in [-0.15, -0.1) is 0 Å². The highest BCUT2D eigenvalue weighted by molar-refractivity contribution is 5.84. The fourth-order valence-electron chi connectivity index (χ4n) is 3.67. The number of esters is 1. The Hall–Kier alpha value is -1.95. The van der Waals surface area contributed by atoms with Crippen LogP contribution in [0.1, 0.15) is 76.2 Å². The van der Waals surface area contributed by atoms with Gasteiger partial charge in [0.25, 0.3) is 0 Å². The number of aromatic amines is 1. The van der Waals surface area contributed by atoms with Crippen LogP contribution >= 0.6 is 0 Å². The third-order valence-corrected chi connectivity index (χ3v) is 5.28. The highest BCUT2D eigenvalue weighted by Gasteiger charge is 2.17. The molecule has 0 aliphatic carbocycles. The van der Waals surface area contributed by atoms with E-state index >= 15 is 0 Å². The second-order valence-corrected chi connectivity index (χ2v) is 7.80. The van der Waals surface area contributed by atoms with Gasteiger partial charge in [-0.05, 0) is 57.9 Å². The summed E-state index contributed by atoms with van der Waals surface area (Å²) in [6.07, 6.45) is 5.64. The van der Waals surface area contributed by atoms with Gasteiger partial charge in [-0.1, -0.05) is 26.7 Å². The van der Waals surface area contributed by atoms with E-state index in [1.165, 1.54) is 11.3 Å². The van der Waals surface area contributed by atoms with E-state index in [9.17, 15) is 9.90 Å². The molecule has 0 amide bonds. The summed E-state index contributed by atoms with van der Waals surface area (Å²) in [6, 6.07) is 0. The SMILES string of the molecule is CCOC(=O)Cc1nc(CCC(C)CCCC(C)O)c2c(C)c(CC)[nH]c2n1. The van der Waals surface area contributed by atoms with Crippen molar-refractivity contribution in [2.75, 3.05) is 6.61 Å². The Kier molecular flexibility index (Phi) is 8.42. The number of aliphatic hydroxyl groups excluding tert-OH is 1. The van der Waals surface area contributed by atoms with Crippen molar-refractivity contribution in [1.29, 1.82) is 0 Å². The summed E-state index contributed by atoms with van der Waals surface area (Å²) in [5.74, 6) is 0.784. The third-order valence-electron chi connectivity index (χ3n) is 5.28. The predicted octanol–water partition coefficient (Wildman–Crippen LogP) is 4.05. The van der Waals surface area contributed by atoms with E-state index in [0.29, 0.717) is 18.3 Å². The van der Waals surface area contributed by atoms with Crippen LogP contribution in [0, 0.1) is 12.8 Å². The van der Waals surface area contributed by atoms with Gasteiger partial charge in [0.2, 0.25) is 0 Å². The lowest BCUT2D eigenvalue weighted by atomic mass is 9.96. The van der Waals surface area contributed by atoms with E-state index in [1.54, 1.807) is 6.92 Å². The lowest BCUT2D eigenvalue weighted by Gasteiger charge is -2.13. The molecule has 0 aromatic carbocycles. The van der Waals surface area contributed by atoms with E-state index in [-0.39, 0.29) is 18.5 Å². The summed E-state index contributed by atoms with van der Waals surface area (Å²) >= 11 is 0. The average Bonchev–Trinajstić information content (AvgIpc) is 2.95. The zero-order chi connectivity index (χ0) is 20.7. The Bertz CT molecular complexity index is 783. The molecule has 2 rings (SSSR count). The average molecular weight is 390 g/mol. The predicted molar refractivity (Wildman–Crippen MR) is 111 cm³/mol. The Morgan fingerprint density at radius 2 is 1.93 bits per heavy atom. The molecule has 6 nitrogen and oxygen atoms in total. The summed E-state index contributed by atoms with van der Waals surface area (Å²) in [7, 11) is 0. The highest BCUT2D eigenvalue weighted by atomic mass is 16.5. The number of ether oxygens (including phenoxy) is 1. The zero-order valence-corrected chi connectivity index (χ0v) is 18.0. The topological polar surface area (TPSA) is 88.1 Å². The Morgan fingerprint density at radius 1 is 1.18 bits per heavy atom. The van der Waals surface area contributed by atoms with Gasteiger partial charge >= 0.3 is 5.97 Å². The number of hydrogen-bond acceptors (Lipinski definition) is 5. The van der Waals surface area contributed by atoms with Crippen LogP contribution in [0.3, 0.4) is 0 Å². The van der Waals surface area contributed by atoms with Crippen LogP contribution in [0.4, 0.5) is 0 Å². The van der Waals surface area contributed by atoms with Crippen LogP contribution in [0.5, 0.6) is 0 Å².